The molecule has 1 N–H and O–H groups in total. The van der Waals surface area contributed by atoms with E-state index in [2.05, 4.69) is 5.32 Å². The predicted molar refractivity (Wildman–Crippen MR) is 116 cm³/mol. The zero-order valence-corrected chi connectivity index (χ0v) is 17.3. The van der Waals surface area contributed by atoms with Gasteiger partial charge in [0.1, 0.15) is 17.0 Å². The number of rotatable bonds is 7. The smallest absolute Gasteiger partial charge is 0.340 e. The van der Waals surface area contributed by atoms with Gasteiger partial charge in [-0.1, -0.05) is 12.1 Å². The molecule has 31 heavy (non-hydrogen) atoms. The van der Waals surface area contributed by atoms with Crippen molar-refractivity contribution >= 4 is 27.8 Å². The molecule has 2 heterocycles. The highest BCUT2D eigenvalue weighted by Gasteiger charge is 2.17. The Morgan fingerprint density at radius 1 is 1.13 bits per heavy atom. The monoisotopic (exact) mass is 423 g/mol. The number of hydrogen-bond donors (Lipinski definition) is 1. The molecule has 0 bridgehead atoms. The number of furan rings is 1. The summed E-state index contributed by atoms with van der Waals surface area (Å²) >= 11 is 0. The van der Waals surface area contributed by atoms with Crippen molar-refractivity contribution in [2.75, 3.05) is 20.3 Å². The van der Waals surface area contributed by atoms with Crippen LogP contribution in [0.4, 0.5) is 4.39 Å². The number of fused-ring (bicyclic) bond motifs is 2. The summed E-state index contributed by atoms with van der Waals surface area (Å²) in [6.45, 7) is 2.83. The zero-order chi connectivity index (χ0) is 22.0. The number of halogens is 1. The third-order valence-electron chi connectivity index (χ3n) is 5.32. The van der Waals surface area contributed by atoms with Gasteiger partial charge in [0.2, 0.25) is 5.91 Å². The Morgan fingerprint density at radius 3 is 2.65 bits per heavy atom. The van der Waals surface area contributed by atoms with Crippen molar-refractivity contribution in [1.82, 2.24) is 5.32 Å². The number of carbonyl (C=O) groups is 1. The summed E-state index contributed by atoms with van der Waals surface area (Å²) in [5.74, 6) is -0.563. The van der Waals surface area contributed by atoms with Crippen molar-refractivity contribution in [2.24, 2.45) is 0 Å². The highest BCUT2D eigenvalue weighted by molar-refractivity contribution is 6.02. The molecule has 0 aliphatic carbocycles. The minimum absolute atomic E-state index is 0.0642. The molecule has 160 valence electrons. The first-order valence-corrected chi connectivity index (χ1v) is 9.97. The SMILES string of the molecule is COCCCNC(=O)Cc1c(C)c2cc3c(-c4ccc(F)cc4)coc3cc2oc1=O. The summed E-state index contributed by atoms with van der Waals surface area (Å²) in [4.78, 5) is 24.8. The maximum Gasteiger partial charge on any atom is 0.340 e. The van der Waals surface area contributed by atoms with E-state index in [0.29, 0.717) is 41.9 Å². The van der Waals surface area contributed by atoms with Crippen molar-refractivity contribution in [3.05, 3.63) is 70.0 Å². The number of aryl methyl sites for hydroxylation is 1. The van der Waals surface area contributed by atoms with Crippen LogP contribution in [0.5, 0.6) is 0 Å². The summed E-state index contributed by atoms with van der Waals surface area (Å²) in [6, 6.07) is 9.69. The largest absolute Gasteiger partial charge is 0.464 e. The van der Waals surface area contributed by atoms with Crippen molar-refractivity contribution < 1.29 is 22.8 Å². The molecule has 0 saturated heterocycles. The average Bonchev–Trinajstić information content (AvgIpc) is 3.16. The van der Waals surface area contributed by atoms with E-state index in [4.69, 9.17) is 13.6 Å². The molecule has 0 aliphatic heterocycles. The van der Waals surface area contributed by atoms with Crippen LogP contribution in [0.1, 0.15) is 17.5 Å². The maximum atomic E-state index is 13.3. The lowest BCUT2D eigenvalue weighted by Crippen LogP contribution is -2.29. The molecule has 0 spiro atoms. The molecule has 0 atom stereocenters. The Balaban J connectivity index is 1.72. The molecule has 0 unspecified atom stereocenters. The van der Waals surface area contributed by atoms with Crippen LogP contribution in [0, 0.1) is 12.7 Å². The number of ether oxygens (including phenoxy) is 1. The van der Waals surface area contributed by atoms with Crippen LogP contribution in [-0.4, -0.2) is 26.2 Å². The molecule has 2 aromatic carbocycles. The molecule has 6 nitrogen and oxygen atoms in total. The first-order chi connectivity index (χ1) is 15.0. The summed E-state index contributed by atoms with van der Waals surface area (Å²) in [5, 5.41) is 4.32. The Bertz CT molecular complexity index is 1300. The normalized spacial score (nSPS) is 11.3. The molecular formula is C24H22FNO5. The molecule has 7 heteroatoms. The second kappa shape index (κ2) is 8.73. The minimum atomic E-state index is -0.540. The highest BCUT2D eigenvalue weighted by Crippen LogP contribution is 2.34. The molecular weight excluding hydrogens is 401 g/mol. The molecule has 1 amide bonds. The summed E-state index contributed by atoms with van der Waals surface area (Å²) < 4.78 is 29.4. The summed E-state index contributed by atoms with van der Waals surface area (Å²) in [6.07, 6.45) is 2.22. The lowest BCUT2D eigenvalue weighted by molar-refractivity contribution is -0.120. The number of hydrogen-bond acceptors (Lipinski definition) is 5. The summed E-state index contributed by atoms with van der Waals surface area (Å²) in [7, 11) is 1.60. The number of nitrogens with one attached hydrogen (secondary N) is 1. The van der Waals surface area contributed by atoms with Gasteiger partial charge in [0, 0.05) is 42.7 Å². The number of methoxy groups -OCH3 is 1. The van der Waals surface area contributed by atoms with Crippen molar-refractivity contribution in [3.8, 4) is 11.1 Å². The van der Waals surface area contributed by atoms with E-state index in [1.807, 2.05) is 6.07 Å². The minimum Gasteiger partial charge on any atom is -0.464 e. The van der Waals surface area contributed by atoms with Crippen molar-refractivity contribution in [3.63, 3.8) is 0 Å². The van der Waals surface area contributed by atoms with Crippen LogP contribution in [-0.2, 0) is 16.0 Å². The lowest BCUT2D eigenvalue weighted by atomic mass is 9.99. The zero-order valence-electron chi connectivity index (χ0n) is 17.3. The number of benzene rings is 2. The molecule has 2 aromatic heterocycles. The second-order valence-corrected chi connectivity index (χ2v) is 7.37. The first-order valence-electron chi connectivity index (χ1n) is 9.97. The van der Waals surface area contributed by atoms with Gasteiger partial charge < -0.3 is 18.9 Å². The Kier molecular flexibility index (Phi) is 5.86. The van der Waals surface area contributed by atoms with E-state index in [1.54, 1.807) is 38.5 Å². The van der Waals surface area contributed by atoms with Crippen LogP contribution >= 0.6 is 0 Å². The summed E-state index contributed by atoms with van der Waals surface area (Å²) in [5.41, 5.74) is 3.03. The third-order valence-corrected chi connectivity index (χ3v) is 5.32. The Morgan fingerprint density at radius 2 is 1.90 bits per heavy atom. The van der Waals surface area contributed by atoms with Gasteiger partial charge in [0.25, 0.3) is 0 Å². The fourth-order valence-corrected chi connectivity index (χ4v) is 3.63. The number of carbonyl (C=O) groups excluding carboxylic acids is 1. The average molecular weight is 423 g/mol. The standard InChI is InChI=1S/C24H22FNO5/c1-14-17-10-19-20(15-4-6-16(25)7-5-15)13-30-21(19)12-22(17)31-24(28)18(14)11-23(27)26-8-3-9-29-2/h4-7,10,12-13H,3,8-9,11H2,1-2H3,(H,26,27). The van der Waals surface area contributed by atoms with Gasteiger partial charge in [0.05, 0.1) is 18.2 Å². The van der Waals surface area contributed by atoms with E-state index in [0.717, 1.165) is 21.9 Å². The van der Waals surface area contributed by atoms with E-state index >= 15 is 0 Å². The molecule has 4 aromatic rings. The van der Waals surface area contributed by atoms with E-state index in [1.165, 1.54) is 12.1 Å². The quantitative estimate of drug-likeness (QED) is 0.353. The van der Waals surface area contributed by atoms with Crippen LogP contribution < -0.4 is 10.9 Å². The first kappa shape index (κ1) is 20.8. The van der Waals surface area contributed by atoms with Crippen molar-refractivity contribution in [1.29, 1.82) is 0 Å². The molecule has 0 radical (unpaired) electrons. The second-order valence-electron chi connectivity index (χ2n) is 7.37. The lowest BCUT2D eigenvalue weighted by Gasteiger charge is -2.09. The van der Waals surface area contributed by atoms with Gasteiger partial charge in [-0.05, 0) is 42.7 Å². The van der Waals surface area contributed by atoms with Gasteiger partial charge in [-0.25, -0.2) is 9.18 Å². The fourth-order valence-electron chi connectivity index (χ4n) is 3.63. The van der Waals surface area contributed by atoms with Gasteiger partial charge in [-0.15, -0.1) is 0 Å². The van der Waals surface area contributed by atoms with Crippen molar-refractivity contribution in [2.45, 2.75) is 19.8 Å². The molecule has 0 aliphatic rings. The van der Waals surface area contributed by atoms with Crippen LogP contribution in [0.3, 0.4) is 0 Å². The number of amides is 1. The van der Waals surface area contributed by atoms with Crippen LogP contribution in [0.15, 0.2) is 56.3 Å². The predicted octanol–water partition coefficient (Wildman–Crippen LogP) is 4.35. The van der Waals surface area contributed by atoms with E-state index < -0.39 is 5.63 Å². The van der Waals surface area contributed by atoms with Gasteiger partial charge in [-0.3, -0.25) is 4.79 Å². The molecule has 0 fully saturated rings. The van der Waals surface area contributed by atoms with E-state index in [-0.39, 0.29) is 18.1 Å². The third kappa shape index (κ3) is 4.22. The topological polar surface area (TPSA) is 81.7 Å². The molecule has 4 rings (SSSR count). The molecule has 0 saturated carbocycles. The Hall–Kier alpha value is -3.45. The Labute approximate surface area is 177 Å². The van der Waals surface area contributed by atoms with Gasteiger partial charge >= 0.3 is 5.63 Å². The van der Waals surface area contributed by atoms with Crippen LogP contribution in [0.25, 0.3) is 33.1 Å². The van der Waals surface area contributed by atoms with Gasteiger partial charge in [0.15, 0.2) is 0 Å². The van der Waals surface area contributed by atoms with Crippen LogP contribution in [0.2, 0.25) is 0 Å². The fraction of sp³-hybridized carbons (Fsp3) is 0.250. The maximum absolute atomic E-state index is 13.3. The van der Waals surface area contributed by atoms with Gasteiger partial charge in [-0.2, -0.15) is 0 Å². The highest BCUT2D eigenvalue weighted by atomic mass is 19.1. The van der Waals surface area contributed by atoms with E-state index in [9.17, 15) is 14.0 Å².